The lowest BCUT2D eigenvalue weighted by molar-refractivity contribution is 0.567. The van der Waals surface area contributed by atoms with Crippen molar-refractivity contribution in [3.05, 3.63) is 34.1 Å². The minimum absolute atomic E-state index is 0. The Morgan fingerprint density at radius 1 is 1.43 bits per heavy atom. The molecule has 0 bridgehead atoms. The molecule has 14 heavy (non-hydrogen) atoms. The molecule has 4 N–H and O–H groups in total. The third kappa shape index (κ3) is 3.53. The molecule has 0 spiro atoms. The van der Waals surface area contributed by atoms with Gasteiger partial charge in [-0.05, 0) is 31.2 Å². The molecule has 1 aromatic carbocycles. The average molecular weight is 284 g/mol. The fourth-order valence-electron chi connectivity index (χ4n) is 1.13. The maximum absolute atomic E-state index is 13.2. The van der Waals surface area contributed by atoms with E-state index in [4.69, 9.17) is 11.5 Å². The van der Waals surface area contributed by atoms with Gasteiger partial charge < -0.3 is 11.5 Å². The lowest BCUT2D eigenvalue weighted by atomic mass is 10.0. The molecule has 0 aliphatic rings. The molecule has 1 atom stereocenters. The summed E-state index contributed by atoms with van der Waals surface area (Å²) in [5.41, 5.74) is 11.6. The van der Waals surface area contributed by atoms with Crippen molar-refractivity contribution in [2.45, 2.75) is 12.5 Å². The van der Waals surface area contributed by atoms with E-state index in [0.29, 0.717) is 18.5 Å². The first-order valence-electron chi connectivity index (χ1n) is 4.05. The van der Waals surface area contributed by atoms with Crippen molar-refractivity contribution >= 4 is 28.3 Å². The van der Waals surface area contributed by atoms with E-state index in [1.807, 2.05) is 0 Å². The smallest absolute Gasteiger partial charge is 0.128 e. The Morgan fingerprint density at radius 3 is 2.64 bits per heavy atom. The monoisotopic (exact) mass is 282 g/mol. The van der Waals surface area contributed by atoms with E-state index >= 15 is 0 Å². The summed E-state index contributed by atoms with van der Waals surface area (Å²) in [7, 11) is 0. The molecular weight excluding hydrogens is 270 g/mol. The van der Waals surface area contributed by atoms with Gasteiger partial charge in [0.2, 0.25) is 0 Å². The molecular formula is C9H13BrClFN2. The zero-order valence-corrected chi connectivity index (χ0v) is 9.94. The van der Waals surface area contributed by atoms with Crippen LogP contribution in [0.15, 0.2) is 22.7 Å². The Kier molecular flexibility index (Phi) is 6.27. The van der Waals surface area contributed by atoms with E-state index < -0.39 is 0 Å². The van der Waals surface area contributed by atoms with Crippen molar-refractivity contribution in [2.75, 3.05) is 6.54 Å². The topological polar surface area (TPSA) is 52.0 Å². The Balaban J connectivity index is 0.00000169. The molecule has 0 saturated heterocycles. The molecule has 0 aliphatic carbocycles. The second-order valence-corrected chi connectivity index (χ2v) is 3.77. The van der Waals surface area contributed by atoms with Gasteiger partial charge in [-0.15, -0.1) is 12.4 Å². The molecule has 0 unspecified atom stereocenters. The summed E-state index contributed by atoms with van der Waals surface area (Å²) in [4.78, 5) is 0. The van der Waals surface area contributed by atoms with Gasteiger partial charge in [0, 0.05) is 16.1 Å². The first-order chi connectivity index (χ1) is 6.15. The molecule has 1 rings (SSSR count). The molecule has 0 radical (unpaired) electrons. The molecule has 0 heterocycles. The zero-order valence-electron chi connectivity index (χ0n) is 7.54. The van der Waals surface area contributed by atoms with Crippen molar-refractivity contribution in [2.24, 2.45) is 11.5 Å². The van der Waals surface area contributed by atoms with Crippen molar-refractivity contribution in [1.29, 1.82) is 0 Å². The van der Waals surface area contributed by atoms with Crippen LogP contribution in [0, 0.1) is 5.82 Å². The van der Waals surface area contributed by atoms with Gasteiger partial charge in [-0.1, -0.05) is 15.9 Å². The molecule has 80 valence electrons. The standard InChI is InChI=1S/C9H12BrFN2.ClH/c10-6-1-2-8(11)7(5-6)9(13)3-4-12;/h1-2,5,9H,3-4,12-13H2;1H/t9-;/m0./s1. The average Bonchev–Trinajstić information content (AvgIpc) is 2.09. The highest BCUT2D eigenvalue weighted by Crippen LogP contribution is 2.21. The molecule has 0 fully saturated rings. The van der Waals surface area contributed by atoms with Crippen LogP contribution in [0.3, 0.4) is 0 Å². The molecule has 1 aromatic rings. The fourth-order valence-corrected chi connectivity index (χ4v) is 1.51. The van der Waals surface area contributed by atoms with Crippen LogP contribution >= 0.6 is 28.3 Å². The SMILES string of the molecule is Cl.NCC[C@H](N)c1cc(Br)ccc1F. The third-order valence-corrected chi connectivity index (χ3v) is 2.33. The Hall–Kier alpha value is -0.160. The third-order valence-electron chi connectivity index (χ3n) is 1.84. The molecule has 0 amide bonds. The molecule has 0 aliphatic heterocycles. The lowest BCUT2D eigenvalue weighted by Crippen LogP contribution is -2.16. The molecule has 2 nitrogen and oxygen atoms in total. The lowest BCUT2D eigenvalue weighted by Gasteiger charge is -2.11. The van der Waals surface area contributed by atoms with Gasteiger partial charge in [-0.25, -0.2) is 4.39 Å². The van der Waals surface area contributed by atoms with Crippen molar-refractivity contribution in [3.8, 4) is 0 Å². The van der Waals surface area contributed by atoms with Crippen LogP contribution in [-0.4, -0.2) is 6.54 Å². The second-order valence-electron chi connectivity index (χ2n) is 2.85. The highest BCUT2D eigenvalue weighted by Gasteiger charge is 2.10. The first kappa shape index (κ1) is 13.8. The maximum Gasteiger partial charge on any atom is 0.128 e. The van der Waals surface area contributed by atoms with E-state index in [9.17, 15) is 4.39 Å². The van der Waals surface area contributed by atoms with E-state index in [2.05, 4.69) is 15.9 Å². The van der Waals surface area contributed by atoms with Crippen LogP contribution in [0.25, 0.3) is 0 Å². The summed E-state index contributed by atoms with van der Waals surface area (Å²) in [6.07, 6.45) is 0.591. The first-order valence-corrected chi connectivity index (χ1v) is 4.85. The maximum atomic E-state index is 13.2. The van der Waals surface area contributed by atoms with Gasteiger partial charge in [0.1, 0.15) is 5.82 Å². The van der Waals surface area contributed by atoms with Crippen LogP contribution in [-0.2, 0) is 0 Å². The Bertz CT molecular complexity index is 296. The number of nitrogens with two attached hydrogens (primary N) is 2. The number of rotatable bonds is 3. The van der Waals surface area contributed by atoms with Crippen molar-refractivity contribution in [1.82, 2.24) is 0 Å². The highest BCUT2D eigenvalue weighted by atomic mass is 79.9. The van der Waals surface area contributed by atoms with Gasteiger partial charge in [-0.2, -0.15) is 0 Å². The number of halogens is 3. The fraction of sp³-hybridized carbons (Fsp3) is 0.333. The summed E-state index contributed by atoms with van der Waals surface area (Å²) < 4.78 is 14.0. The quantitative estimate of drug-likeness (QED) is 0.895. The van der Waals surface area contributed by atoms with E-state index in [0.717, 1.165) is 4.47 Å². The van der Waals surface area contributed by atoms with Crippen LogP contribution in [0.4, 0.5) is 4.39 Å². The van der Waals surface area contributed by atoms with Gasteiger partial charge in [-0.3, -0.25) is 0 Å². The summed E-state index contributed by atoms with van der Waals surface area (Å²) in [6, 6.07) is 4.42. The van der Waals surface area contributed by atoms with Crippen LogP contribution in [0.5, 0.6) is 0 Å². The zero-order chi connectivity index (χ0) is 9.84. The van der Waals surface area contributed by atoms with Crippen LogP contribution in [0.2, 0.25) is 0 Å². The number of benzene rings is 1. The summed E-state index contributed by atoms with van der Waals surface area (Å²) in [5, 5.41) is 0. The number of hydrogen-bond acceptors (Lipinski definition) is 2. The molecule has 0 saturated carbocycles. The van der Waals surface area contributed by atoms with Crippen LogP contribution < -0.4 is 11.5 Å². The molecule has 5 heteroatoms. The Labute approximate surface area is 97.4 Å². The predicted octanol–water partition coefficient (Wildman–Crippen LogP) is 2.36. The largest absolute Gasteiger partial charge is 0.330 e. The normalized spacial score (nSPS) is 12.0. The Morgan fingerprint density at radius 2 is 2.07 bits per heavy atom. The van der Waals surface area contributed by atoms with Gasteiger partial charge in [0.25, 0.3) is 0 Å². The van der Waals surface area contributed by atoms with Gasteiger partial charge in [0.05, 0.1) is 0 Å². The van der Waals surface area contributed by atoms with E-state index in [-0.39, 0.29) is 24.3 Å². The van der Waals surface area contributed by atoms with Crippen molar-refractivity contribution in [3.63, 3.8) is 0 Å². The highest BCUT2D eigenvalue weighted by molar-refractivity contribution is 9.10. The minimum atomic E-state index is -0.317. The second kappa shape index (κ2) is 6.35. The van der Waals surface area contributed by atoms with Gasteiger partial charge in [0.15, 0.2) is 0 Å². The van der Waals surface area contributed by atoms with Crippen LogP contribution in [0.1, 0.15) is 18.0 Å². The van der Waals surface area contributed by atoms with E-state index in [1.54, 1.807) is 12.1 Å². The number of hydrogen-bond donors (Lipinski definition) is 2. The predicted molar refractivity (Wildman–Crippen MR) is 61.9 cm³/mol. The van der Waals surface area contributed by atoms with Gasteiger partial charge >= 0.3 is 0 Å². The van der Waals surface area contributed by atoms with E-state index in [1.165, 1.54) is 6.07 Å². The molecule has 0 aromatic heterocycles. The summed E-state index contributed by atoms with van der Waals surface area (Å²) >= 11 is 3.26. The summed E-state index contributed by atoms with van der Waals surface area (Å²) in [5.74, 6) is -0.274. The minimum Gasteiger partial charge on any atom is -0.330 e. The summed E-state index contributed by atoms with van der Waals surface area (Å²) in [6.45, 7) is 0.465. The van der Waals surface area contributed by atoms with Crippen molar-refractivity contribution < 1.29 is 4.39 Å².